The molecule has 0 amide bonds. The van der Waals surface area contributed by atoms with Gasteiger partial charge in [0, 0.05) is 35.0 Å². The second-order valence-electron chi connectivity index (χ2n) is 8.76. The third-order valence-electron chi connectivity index (χ3n) is 7.01. The van der Waals surface area contributed by atoms with Crippen molar-refractivity contribution in [2.24, 2.45) is 17.8 Å². The molecule has 1 aliphatic carbocycles. The predicted molar refractivity (Wildman–Crippen MR) is 125 cm³/mol. The van der Waals surface area contributed by atoms with Crippen molar-refractivity contribution in [1.82, 2.24) is 0 Å². The Morgan fingerprint density at radius 3 is 1.24 bits per heavy atom. The fourth-order valence-electron chi connectivity index (χ4n) is 5.53. The van der Waals surface area contributed by atoms with Crippen LogP contribution in [0.1, 0.15) is 56.2 Å². The molecule has 0 heterocycles. The van der Waals surface area contributed by atoms with E-state index in [0.717, 1.165) is 11.8 Å². The molecule has 0 nitrogen and oxygen atoms in total. The van der Waals surface area contributed by atoms with Gasteiger partial charge in [-0.25, -0.2) is 0 Å². The number of hydrogen-bond donors (Lipinski definition) is 0. The molecule has 0 atom stereocenters. The first kappa shape index (κ1) is 22.3. The van der Waals surface area contributed by atoms with Gasteiger partial charge in [-0.05, 0) is 60.1 Å². The minimum absolute atomic E-state index is 0. The Morgan fingerprint density at radius 1 is 0.586 bits per heavy atom. The summed E-state index contributed by atoms with van der Waals surface area (Å²) in [7, 11) is 0. The summed E-state index contributed by atoms with van der Waals surface area (Å²) in [6.07, 6.45) is 5.27. The van der Waals surface area contributed by atoms with Crippen molar-refractivity contribution < 1.29 is 0 Å². The molecular formula is C28H32Na. The van der Waals surface area contributed by atoms with Crippen LogP contribution >= 0.6 is 0 Å². The van der Waals surface area contributed by atoms with Crippen molar-refractivity contribution >= 4 is 29.6 Å². The Balaban J connectivity index is 0.00000240. The molecular weight excluding hydrogens is 359 g/mol. The molecule has 29 heavy (non-hydrogen) atoms. The predicted octanol–water partition coefficient (Wildman–Crippen LogP) is 7.10. The summed E-state index contributed by atoms with van der Waals surface area (Å²) in [5.74, 6) is 2.28. The zero-order valence-corrected chi connectivity index (χ0v) is 20.2. The Morgan fingerprint density at radius 2 is 0.931 bits per heavy atom. The Hall–Kier alpha value is -1.34. The van der Waals surface area contributed by atoms with Gasteiger partial charge in [-0.3, -0.25) is 0 Å². The molecule has 0 aliphatic heterocycles. The summed E-state index contributed by atoms with van der Waals surface area (Å²) in [6, 6.07) is 33.7. The second-order valence-corrected chi connectivity index (χ2v) is 8.76. The molecule has 0 aromatic heterocycles. The van der Waals surface area contributed by atoms with Gasteiger partial charge in [0.2, 0.25) is 0 Å². The Bertz CT molecular complexity index is 750. The van der Waals surface area contributed by atoms with Crippen molar-refractivity contribution in [3.8, 4) is 0 Å². The van der Waals surface area contributed by atoms with Crippen molar-refractivity contribution in [2.75, 3.05) is 0 Å². The molecule has 0 unspecified atom stereocenters. The number of rotatable bonds is 5. The maximum absolute atomic E-state index is 2.39. The summed E-state index contributed by atoms with van der Waals surface area (Å²) < 4.78 is 0. The van der Waals surface area contributed by atoms with Crippen LogP contribution in [-0.4, -0.2) is 29.6 Å². The van der Waals surface area contributed by atoms with Gasteiger partial charge in [-0.15, -0.1) is 0 Å². The van der Waals surface area contributed by atoms with Gasteiger partial charge in [-0.2, -0.15) is 0 Å². The van der Waals surface area contributed by atoms with Crippen molar-refractivity contribution in [3.05, 3.63) is 108 Å². The van der Waals surface area contributed by atoms with E-state index < -0.39 is 0 Å². The van der Waals surface area contributed by atoms with Crippen molar-refractivity contribution in [3.63, 3.8) is 0 Å². The van der Waals surface area contributed by atoms with E-state index in [1.165, 1.54) is 42.4 Å². The minimum Gasteiger partial charge on any atom is -0.0625 e. The monoisotopic (exact) mass is 391 g/mol. The summed E-state index contributed by atoms with van der Waals surface area (Å²) in [4.78, 5) is 0. The fraction of sp³-hybridized carbons (Fsp3) is 0.357. The first-order chi connectivity index (χ1) is 13.7. The van der Waals surface area contributed by atoms with Gasteiger partial charge in [0.05, 0.1) is 0 Å². The number of hydrogen-bond acceptors (Lipinski definition) is 0. The van der Waals surface area contributed by atoms with Gasteiger partial charge in [0.25, 0.3) is 0 Å². The van der Waals surface area contributed by atoms with Gasteiger partial charge < -0.3 is 0 Å². The SMILES string of the molecule is CC(C)C1CCC(C(c2ccccc2)(c2ccccc2)c2ccccc2)CC1.[Na]. The normalized spacial score (nSPS) is 19.6. The van der Waals surface area contributed by atoms with E-state index in [2.05, 4.69) is 105 Å². The largest absolute Gasteiger partial charge is 0.0625 e. The van der Waals surface area contributed by atoms with Crippen LogP contribution in [0.2, 0.25) is 0 Å². The van der Waals surface area contributed by atoms with Gasteiger partial charge in [-0.1, -0.05) is 105 Å². The minimum atomic E-state index is -0.0776. The van der Waals surface area contributed by atoms with Gasteiger partial charge >= 0.3 is 0 Å². The van der Waals surface area contributed by atoms with E-state index in [-0.39, 0.29) is 35.0 Å². The zero-order valence-electron chi connectivity index (χ0n) is 18.2. The van der Waals surface area contributed by atoms with Crippen LogP contribution in [-0.2, 0) is 5.41 Å². The topological polar surface area (TPSA) is 0 Å². The van der Waals surface area contributed by atoms with E-state index in [1.807, 2.05) is 0 Å². The molecule has 0 saturated heterocycles. The van der Waals surface area contributed by atoms with Gasteiger partial charge in [0.1, 0.15) is 0 Å². The van der Waals surface area contributed by atoms with Gasteiger partial charge in [0.15, 0.2) is 0 Å². The molecule has 3 aromatic rings. The molecule has 0 N–H and O–H groups in total. The third kappa shape index (κ3) is 4.41. The quantitative estimate of drug-likeness (QED) is 0.321. The van der Waals surface area contributed by atoms with Crippen molar-refractivity contribution in [1.29, 1.82) is 0 Å². The van der Waals surface area contributed by atoms with E-state index in [9.17, 15) is 0 Å². The average Bonchev–Trinajstić information content (AvgIpc) is 2.77. The molecule has 1 fully saturated rings. The van der Waals surface area contributed by atoms with E-state index in [4.69, 9.17) is 0 Å². The van der Waals surface area contributed by atoms with Crippen LogP contribution in [0.4, 0.5) is 0 Å². The standard InChI is InChI=1S/C28H32.Na/c1-22(2)23-18-20-27(21-19-23)28(24-12-6-3-7-13-24,25-14-8-4-9-15-25)26-16-10-5-11-17-26;/h3-17,22-23,27H,18-21H2,1-2H3;. The summed E-state index contributed by atoms with van der Waals surface area (Å²) in [5.41, 5.74) is 4.22. The Labute approximate surface area is 199 Å². The smallest absolute Gasteiger partial charge is 0.0479 e. The molecule has 1 aliphatic rings. The fourth-order valence-corrected chi connectivity index (χ4v) is 5.53. The van der Waals surface area contributed by atoms with Crippen LogP contribution in [0.5, 0.6) is 0 Å². The van der Waals surface area contributed by atoms with Crippen LogP contribution < -0.4 is 0 Å². The maximum Gasteiger partial charge on any atom is 0.0479 e. The first-order valence-corrected chi connectivity index (χ1v) is 10.9. The van der Waals surface area contributed by atoms with E-state index in [1.54, 1.807) is 0 Å². The second kappa shape index (κ2) is 10.1. The third-order valence-corrected chi connectivity index (χ3v) is 7.01. The summed E-state index contributed by atoms with van der Waals surface area (Å²) in [5, 5.41) is 0. The van der Waals surface area contributed by atoms with Crippen LogP contribution in [0.25, 0.3) is 0 Å². The summed E-state index contributed by atoms with van der Waals surface area (Å²) >= 11 is 0. The Kier molecular flexibility index (Phi) is 7.79. The maximum atomic E-state index is 2.39. The van der Waals surface area contributed by atoms with E-state index in [0.29, 0.717) is 5.92 Å². The number of benzene rings is 3. The zero-order chi connectivity index (χ0) is 19.4. The first-order valence-electron chi connectivity index (χ1n) is 10.9. The molecule has 1 radical (unpaired) electrons. The van der Waals surface area contributed by atoms with Crippen LogP contribution in [0, 0.1) is 17.8 Å². The van der Waals surface area contributed by atoms with Crippen LogP contribution in [0.15, 0.2) is 91.0 Å². The molecule has 145 valence electrons. The molecule has 1 saturated carbocycles. The van der Waals surface area contributed by atoms with Crippen LogP contribution in [0.3, 0.4) is 0 Å². The molecule has 0 spiro atoms. The summed E-state index contributed by atoms with van der Waals surface area (Å²) in [6.45, 7) is 4.79. The average molecular weight is 392 g/mol. The van der Waals surface area contributed by atoms with Crippen molar-refractivity contribution in [2.45, 2.75) is 44.9 Å². The molecule has 3 aromatic carbocycles. The molecule has 0 bridgehead atoms. The van der Waals surface area contributed by atoms with E-state index >= 15 is 0 Å². The molecule has 4 rings (SSSR count). The molecule has 1 heteroatoms.